The third-order valence-electron chi connectivity index (χ3n) is 3.95. The van der Waals surface area contributed by atoms with E-state index in [0.29, 0.717) is 0 Å². The lowest BCUT2D eigenvalue weighted by molar-refractivity contribution is 0.722. The number of hydrogen-bond acceptors (Lipinski definition) is 0. The maximum absolute atomic E-state index is 2.50. The summed E-state index contributed by atoms with van der Waals surface area (Å²) in [4.78, 5) is 0. The van der Waals surface area contributed by atoms with Crippen molar-refractivity contribution in [3.05, 3.63) is 34.9 Å². The van der Waals surface area contributed by atoms with Crippen LogP contribution in [0.2, 0.25) is 0 Å². The highest BCUT2D eigenvalue weighted by atomic mass is 14.2. The summed E-state index contributed by atoms with van der Waals surface area (Å²) in [5.74, 6) is 0.890. The highest BCUT2D eigenvalue weighted by molar-refractivity contribution is 5.36. The Morgan fingerprint density at radius 2 is 1.64 bits per heavy atom. The molecule has 1 saturated carbocycles. The van der Waals surface area contributed by atoms with Gasteiger partial charge in [0.1, 0.15) is 0 Å². The van der Waals surface area contributed by atoms with Gasteiger partial charge in [-0.05, 0) is 54.7 Å². The fraction of sp³-hybridized carbons (Fsp3) is 0.571. The quantitative estimate of drug-likeness (QED) is 0.625. The Morgan fingerprint density at radius 3 is 2.50 bits per heavy atom. The van der Waals surface area contributed by atoms with Gasteiger partial charge < -0.3 is 0 Å². The number of aryl methyl sites for hydroxylation is 2. The highest BCUT2D eigenvalue weighted by Crippen LogP contribution is 2.35. The lowest BCUT2D eigenvalue weighted by Gasteiger charge is -2.11. The van der Waals surface area contributed by atoms with Gasteiger partial charge in [-0.15, -0.1) is 0 Å². The monoisotopic (exact) mass is 186 g/mol. The molecule has 0 atom stereocenters. The lowest BCUT2D eigenvalue weighted by Crippen LogP contribution is -1.94. The molecule has 0 saturated heterocycles. The van der Waals surface area contributed by atoms with Gasteiger partial charge in [0, 0.05) is 0 Å². The summed E-state index contributed by atoms with van der Waals surface area (Å²) in [6.45, 7) is 0. The fourth-order valence-corrected chi connectivity index (χ4v) is 3.10. The summed E-state index contributed by atoms with van der Waals surface area (Å²) in [5, 5.41) is 0. The molecule has 1 aromatic carbocycles. The average Bonchev–Trinajstić information content (AvgIpc) is 2.88. The summed E-state index contributed by atoms with van der Waals surface area (Å²) in [6.07, 6.45) is 9.78. The van der Waals surface area contributed by atoms with Crippen molar-refractivity contribution in [2.75, 3.05) is 0 Å². The zero-order valence-electron chi connectivity index (χ0n) is 8.76. The van der Waals surface area contributed by atoms with Crippen LogP contribution in [0.5, 0.6) is 0 Å². The molecular weight excluding hydrogens is 168 g/mol. The van der Waals surface area contributed by atoms with Crippen LogP contribution >= 0.6 is 0 Å². The molecule has 0 amide bonds. The Bertz CT molecular complexity index is 332. The second kappa shape index (κ2) is 3.42. The van der Waals surface area contributed by atoms with E-state index in [0.717, 1.165) is 5.92 Å². The van der Waals surface area contributed by atoms with E-state index < -0.39 is 0 Å². The molecule has 0 spiro atoms. The third-order valence-corrected chi connectivity index (χ3v) is 3.95. The van der Waals surface area contributed by atoms with Crippen LogP contribution in [0.15, 0.2) is 18.2 Å². The number of benzene rings is 1. The first-order valence-corrected chi connectivity index (χ1v) is 6.05. The van der Waals surface area contributed by atoms with E-state index in [1.54, 1.807) is 16.7 Å². The van der Waals surface area contributed by atoms with Crippen molar-refractivity contribution in [3.63, 3.8) is 0 Å². The van der Waals surface area contributed by atoms with Crippen LogP contribution in [0.4, 0.5) is 0 Å². The highest BCUT2D eigenvalue weighted by Gasteiger charge is 2.19. The number of rotatable bonds is 1. The molecule has 0 bridgehead atoms. The zero-order chi connectivity index (χ0) is 9.38. The first-order valence-electron chi connectivity index (χ1n) is 6.05. The number of hydrogen-bond donors (Lipinski definition) is 0. The molecule has 0 heteroatoms. The molecule has 14 heavy (non-hydrogen) atoms. The van der Waals surface area contributed by atoms with Gasteiger partial charge in [-0.1, -0.05) is 31.0 Å². The van der Waals surface area contributed by atoms with E-state index in [9.17, 15) is 0 Å². The summed E-state index contributed by atoms with van der Waals surface area (Å²) in [7, 11) is 0. The van der Waals surface area contributed by atoms with Crippen molar-refractivity contribution in [2.45, 2.75) is 50.9 Å². The minimum absolute atomic E-state index is 0.890. The summed E-state index contributed by atoms with van der Waals surface area (Å²) in [5.41, 5.74) is 4.89. The molecule has 0 nitrogen and oxygen atoms in total. The van der Waals surface area contributed by atoms with Crippen molar-refractivity contribution in [1.82, 2.24) is 0 Å². The Balaban J connectivity index is 1.91. The molecule has 0 heterocycles. The van der Waals surface area contributed by atoms with Crippen LogP contribution in [0.1, 0.15) is 54.7 Å². The molecule has 1 aromatic rings. The van der Waals surface area contributed by atoms with Crippen LogP contribution in [0.25, 0.3) is 0 Å². The van der Waals surface area contributed by atoms with Crippen LogP contribution in [-0.2, 0) is 12.8 Å². The van der Waals surface area contributed by atoms with E-state index in [4.69, 9.17) is 0 Å². The molecule has 1 fully saturated rings. The maximum Gasteiger partial charge on any atom is -0.0162 e. The second-order valence-corrected chi connectivity index (χ2v) is 4.86. The van der Waals surface area contributed by atoms with Crippen molar-refractivity contribution in [3.8, 4) is 0 Å². The minimum Gasteiger partial charge on any atom is -0.0585 e. The molecule has 0 N–H and O–H groups in total. The first kappa shape index (κ1) is 8.52. The summed E-state index contributed by atoms with van der Waals surface area (Å²) in [6, 6.07) is 7.27. The molecule has 0 radical (unpaired) electrons. The van der Waals surface area contributed by atoms with E-state index in [1.165, 1.54) is 44.9 Å². The van der Waals surface area contributed by atoms with Gasteiger partial charge in [0.05, 0.1) is 0 Å². The first-order chi connectivity index (χ1) is 6.93. The van der Waals surface area contributed by atoms with Gasteiger partial charge in [-0.2, -0.15) is 0 Å². The van der Waals surface area contributed by atoms with Crippen LogP contribution in [0.3, 0.4) is 0 Å². The largest absolute Gasteiger partial charge is 0.0585 e. The zero-order valence-corrected chi connectivity index (χ0v) is 8.76. The van der Waals surface area contributed by atoms with Gasteiger partial charge >= 0.3 is 0 Å². The van der Waals surface area contributed by atoms with E-state index in [2.05, 4.69) is 18.2 Å². The van der Waals surface area contributed by atoms with E-state index in [1.807, 2.05) is 0 Å². The Labute approximate surface area is 86.3 Å². The second-order valence-electron chi connectivity index (χ2n) is 4.86. The predicted molar refractivity (Wildman–Crippen MR) is 59.7 cm³/mol. The predicted octanol–water partition coefficient (Wildman–Crippen LogP) is 3.83. The molecule has 0 aliphatic heterocycles. The lowest BCUT2D eigenvalue weighted by atomic mass is 9.94. The standard InChI is InChI=1S/C14H18/c1-2-5-11(4-1)14-9-8-12-6-3-7-13(12)10-14/h8-11H,1-7H2. The molecule has 2 aliphatic rings. The van der Waals surface area contributed by atoms with Gasteiger partial charge in [-0.25, -0.2) is 0 Å². The fourth-order valence-electron chi connectivity index (χ4n) is 3.10. The average molecular weight is 186 g/mol. The minimum atomic E-state index is 0.890. The number of fused-ring (bicyclic) bond motifs is 1. The van der Waals surface area contributed by atoms with Gasteiger partial charge in [0.2, 0.25) is 0 Å². The van der Waals surface area contributed by atoms with Crippen LogP contribution in [0, 0.1) is 0 Å². The van der Waals surface area contributed by atoms with Gasteiger partial charge in [0.25, 0.3) is 0 Å². The van der Waals surface area contributed by atoms with Gasteiger partial charge in [0.15, 0.2) is 0 Å². The van der Waals surface area contributed by atoms with Crippen molar-refractivity contribution in [2.24, 2.45) is 0 Å². The Hall–Kier alpha value is -0.780. The third kappa shape index (κ3) is 1.37. The summed E-state index contributed by atoms with van der Waals surface area (Å²) < 4.78 is 0. The van der Waals surface area contributed by atoms with E-state index in [-0.39, 0.29) is 0 Å². The SMILES string of the molecule is c1cc2c(cc1C1CCCC1)CCC2. The van der Waals surface area contributed by atoms with E-state index >= 15 is 0 Å². The Morgan fingerprint density at radius 1 is 0.857 bits per heavy atom. The molecule has 2 aliphatic carbocycles. The summed E-state index contributed by atoms with van der Waals surface area (Å²) >= 11 is 0. The van der Waals surface area contributed by atoms with Crippen LogP contribution < -0.4 is 0 Å². The Kier molecular flexibility index (Phi) is 2.08. The topological polar surface area (TPSA) is 0 Å². The smallest absolute Gasteiger partial charge is 0.0162 e. The normalized spacial score (nSPS) is 21.4. The maximum atomic E-state index is 2.50. The molecule has 74 valence electrons. The van der Waals surface area contributed by atoms with Crippen molar-refractivity contribution in [1.29, 1.82) is 0 Å². The molecule has 0 aromatic heterocycles. The van der Waals surface area contributed by atoms with Crippen molar-refractivity contribution < 1.29 is 0 Å². The van der Waals surface area contributed by atoms with Crippen molar-refractivity contribution >= 4 is 0 Å². The molecular formula is C14H18. The van der Waals surface area contributed by atoms with Crippen LogP contribution in [-0.4, -0.2) is 0 Å². The molecule has 3 rings (SSSR count). The van der Waals surface area contributed by atoms with Gasteiger partial charge in [-0.3, -0.25) is 0 Å². The molecule has 0 unspecified atom stereocenters.